The summed E-state index contributed by atoms with van der Waals surface area (Å²) in [6, 6.07) is 15.8. The summed E-state index contributed by atoms with van der Waals surface area (Å²) in [5.74, 6) is 3.08. The van der Waals surface area contributed by atoms with Crippen LogP contribution in [0.2, 0.25) is 5.02 Å². The van der Waals surface area contributed by atoms with E-state index < -0.39 is 0 Å². The smallest absolute Gasteiger partial charge is 0.136 e. The van der Waals surface area contributed by atoms with Crippen LogP contribution in [0.15, 0.2) is 48.5 Å². The Balaban J connectivity index is 1.64. The number of hydrogen-bond acceptors (Lipinski definition) is 5. The Morgan fingerprint density at radius 3 is 2.59 bits per heavy atom. The van der Waals surface area contributed by atoms with Crippen LogP contribution in [0.4, 0.5) is 17.3 Å². The van der Waals surface area contributed by atoms with Crippen molar-refractivity contribution < 1.29 is 4.74 Å². The van der Waals surface area contributed by atoms with Crippen molar-refractivity contribution in [1.29, 1.82) is 0 Å². The minimum atomic E-state index is 0.696. The van der Waals surface area contributed by atoms with Gasteiger partial charge < -0.3 is 15.4 Å². The lowest BCUT2D eigenvalue weighted by Gasteiger charge is -2.11. The number of hydrogen-bond donors (Lipinski definition) is 2. The number of nitrogens with zero attached hydrogens (tertiary/aromatic N) is 2. The highest BCUT2D eigenvalue weighted by atomic mass is 35.5. The van der Waals surface area contributed by atoms with Gasteiger partial charge in [0.05, 0.1) is 7.11 Å². The molecule has 1 heterocycles. The van der Waals surface area contributed by atoms with E-state index in [4.69, 9.17) is 16.3 Å². The third kappa shape index (κ3) is 5.34. The van der Waals surface area contributed by atoms with Crippen molar-refractivity contribution >= 4 is 28.9 Å². The highest BCUT2D eigenvalue weighted by Gasteiger charge is 2.04. The summed E-state index contributed by atoms with van der Waals surface area (Å²) in [6.07, 6.45) is 0.872. The normalized spacial score (nSPS) is 10.5. The average molecular weight is 383 g/mol. The predicted octanol–water partition coefficient (Wildman–Crippen LogP) is 5.15. The molecule has 140 valence electrons. The van der Waals surface area contributed by atoms with Gasteiger partial charge in [-0.3, -0.25) is 0 Å². The molecule has 3 aromatic rings. The topological polar surface area (TPSA) is 59.1 Å². The van der Waals surface area contributed by atoms with Gasteiger partial charge in [-0.1, -0.05) is 29.8 Å². The minimum absolute atomic E-state index is 0.696. The van der Waals surface area contributed by atoms with Crippen LogP contribution in [0.3, 0.4) is 0 Å². The number of ether oxygens (including phenoxy) is 1. The van der Waals surface area contributed by atoms with Gasteiger partial charge in [0, 0.05) is 23.3 Å². The van der Waals surface area contributed by atoms with Crippen molar-refractivity contribution in [2.75, 3.05) is 24.3 Å². The maximum atomic E-state index is 6.20. The number of aromatic nitrogens is 2. The van der Waals surface area contributed by atoms with E-state index in [-0.39, 0.29) is 0 Å². The Labute approximate surface area is 164 Å². The van der Waals surface area contributed by atoms with Gasteiger partial charge in [-0.2, -0.15) is 0 Å². The molecule has 0 aliphatic carbocycles. The maximum absolute atomic E-state index is 6.20. The molecule has 0 aliphatic heterocycles. The number of benzene rings is 2. The van der Waals surface area contributed by atoms with Crippen molar-refractivity contribution in [1.82, 2.24) is 9.97 Å². The zero-order valence-corrected chi connectivity index (χ0v) is 16.5. The highest BCUT2D eigenvalue weighted by molar-refractivity contribution is 6.31. The molecule has 2 N–H and O–H groups in total. The van der Waals surface area contributed by atoms with Crippen LogP contribution >= 0.6 is 11.6 Å². The van der Waals surface area contributed by atoms with Crippen LogP contribution in [0.25, 0.3) is 0 Å². The molecule has 0 amide bonds. The quantitative estimate of drug-likeness (QED) is 0.591. The van der Waals surface area contributed by atoms with Gasteiger partial charge in [0.1, 0.15) is 23.2 Å². The van der Waals surface area contributed by atoms with Crippen molar-refractivity contribution in [3.63, 3.8) is 0 Å². The second-order valence-corrected chi connectivity index (χ2v) is 6.71. The minimum Gasteiger partial charge on any atom is -0.497 e. The van der Waals surface area contributed by atoms with E-state index in [2.05, 4.69) is 26.7 Å². The van der Waals surface area contributed by atoms with Crippen molar-refractivity contribution in [3.8, 4) is 5.75 Å². The third-order valence-electron chi connectivity index (χ3n) is 4.14. The van der Waals surface area contributed by atoms with E-state index in [1.54, 1.807) is 7.11 Å². The molecule has 27 heavy (non-hydrogen) atoms. The Hall–Kier alpha value is -2.79. The average Bonchev–Trinajstić information content (AvgIpc) is 2.64. The predicted molar refractivity (Wildman–Crippen MR) is 111 cm³/mol. The lowest BCUT2D eigenvalue weighted by molar-refractivity contribution is 0.414. The summed E-state index contributed by atoms with van der Waals surface area (Å²) >= 11 is 6.20. The van der Waals surface area contributed by atoms with E-state index in [1.165, 1.54) is 5.56 Å². The Bertz CT molecular complexity index is 930. The fraction of sp³-hybridized carbons (Fsp3) is 0.238. The molecule has 6 heteroatoms. The Kier molecular flexibility index (Phi) is 6.14. The van der Waals surface area contributed by atoms with Crippen LogP contribution in [0.5, 0.6) is 5.75 Å². The van der Waals surface area contributed by atoms with Crippen LogP contribution < -0.4 is 15.4 Å². The Morgan fingerprint density at radius 2 is 1.81 bits per heavy atom. The van der Waals surface area contributed by atoms with Crippen LogP contribution in [0.1, 0.15) is 17.0 Å². The van der Waals surface area contributed by atoms with E-state index in [0.717, 1.165) is 46.6 Å². The molecule has 0 radical (unpaired) electrons. The van der Waals surface area contributed by atoms with Gasteiger partial charge in [-0.05, 0) is 55.7 Å². The number of methoxy groups -OCH3 is 1. The van der Waals surface area contributed by atoms with E-state index >= 15 is 0 Å². The molecule has 0 aliphatic rings. The van der Waals surface area contributed by atoms with Gasteiger partial charge in [-0.15, -0.1) is 0 Å². The summed E-state index contributed by atoms with van der Waals surface area (Å²) in [6.45, 7) is 4.62. The summed E-state index contributed by atoms with van der Waals surface area (Å²) in [5, 5.41) is 7.37. The summed E-state index contributed by atoms with van der Waals surface area (Å²) < 4.78 is 5.26. The molecular weight excluding hydrogens is 360 g/mol. The monoisotopic (exact) mass is 382 g/mol. The van der Waals surface area contributed by atoms with Crippen LogP contribution in [0, 0.1) is 13.8 Å². The van der Waals surface area contributed by atoms with E-state index in [0.29, 0.717) is 5.82 Å². The summed E-state index contributed by atoms with van der Waals surface area (Å²) in [7, 11) is 1.68. The molecule has 3 rings (SSSR count). The highest BCUT2D eigenvalue weighted by Crippen LogP contribution is 2.23. The van der Waals surface area contributed by atoms with Crippen LogP contribution in [-0.4, -0.2) is 23.6 Å². The van der Waals surface area contributed by atoms with Gasteiger partial charge in [-0.25, -0.2) is 9.97 Å². The van der Waals surface area contributed by atoms with Gasteiger partial charge in [0.25, 0.3) is 0 Å². The second kappa shape index (κ2) is 8.73. The maximum Gasteiger partial charge on any atom is 0.136 e. The number of halogens is 1. The third-order valence-corrected chi connectivity index (χ3v) is 4.54. The fourth-order valence-electron chi connectivity index (χ4n) is 2.70. The largest absolute Gasteiger partial charge is 0.497 e. The zero-order chi connectivity index (χ0) is 19.2. The first-order valence-electron chi connectivity index (χ1n) is 8.79. The molecule has 0 fully saturated rings. The number of anilines is 3. The summed E-state index contributed by atoms with van der Waals surface area (Å²) in [4.78, 5) is 8.91. The molecule has 0 saturated carbocycles. The molecule has 2 aromatic carbocycles. The molecule has 0 atom stereocenters. The lowest BCUT2D eigenvalue weighted by Crippen LogP contribution is -2.08. The molecule has 0 unspecified atom stereocenters. The Morgan fingerprint density at radius 1 is 1.00 bits per heavy atom. The molecule has 0 bridgehead atoms. The second-order valence-electron chi connectivity index (χ2n) is 6.30. The number of rotatable bonds is 7. The lowest BCUT2D eigenvalue weighted by atomic mass is 10.1. The first-order valence-corrected chi connectivity index (χ1v) is 9.17. The van der Waals surface area contributed by atoms with E-state index in [1.807, 2.05) is 56.3 Å². The molecule has 5 nitrogen and oxygen atoms in total. The number of aryl methyl sites for hydroxylation is 2. The van der Waals surface area contributed by atoms with Gasteiger partial charge in [0.2, 0.25) is 0 Å². The first-order chi connectivity index (χ1) is 13.0. The van der Waals surface area contributed by atoms with Crippen LogP contribution in [-0.2, 0) is 6.42 Å². The van der Waals surface area contributed by atoms with E-state index in [9.17, 15) is 0 Å². The molecule has 1 aromatic heterocycles. The SMILES string of the molecule is COc1cccc(CCNc2cc(Nc3ccc(C)c(Cl)c3)nc(C)n2)c1. The summed E-state index contributed by atoms with van der Waals surface area (Å²) in [5.41, 5.74) is 3.15. The van der Waals surface area contributed by atoms with Crippen molar-refractivity contribution in [3.05, 3.63) is 70.5 Å². The van der Waals surface area contributed by atoms with Gasteiger partial charge >= 0.3 is 0 Å². The standard InChI is InChI=1S/C21H23ClN4O/c1-14-7-8-17(12-19(14)22)26-21-13-20(24-15(2)25-21)23-10-9-16-5-4-6-18(11-16)27-3/h4-8,11-13H,9-10H2,1-3H3,(H2,23,24,25,26). The first kappa shape index (κ1) is 19.0. The zero-order valence-electron chi connectivity index (χ0n) is 15.7. The van der Waals surface area contributed by atoms with Crippen molar-refractivity contribution in [2.24, 2.45) is 0 Å². The molecule has 0 saturated heterocycles. The molecular formula is C21H23ClN4O. The van der Waals surface area contributed by atoms with Gasteiger partial charge in [0.15, 0.2) is 0 Å². The fourth-order valence-corrected chi connectivity index (χ4v) is 2.88. The van der Waals surface area contributed by atoms with Crippen molar-refractivity contribution in [2.45, 2.75) is 20.3 Å². The number of nitrogens with one attached hydrogen (secondary N) is 2. The molecule has 0 spiro atoms.